The van der Waals surface area contributed by atoms with E-state index in [0.29, 0.717) is 5.56 Å². The summed E-state index contributed by atoms with van der Waals surface area (Å²) >= 11 is 0. The molecule has 4 nitrogen and oxygen atoms in total. The molecule has 2 fully saturated rings. The smallest absolute Gasteiger partial charge is 0.338 e. The third-order valence-electron chi connectivity index (χ3n) is 5.10. The van der Waals surface area contributed by atoms with Gasteiger partial charge in [-0.3, -0.25) is 9.80 Å². The quantitative estimate of drug-likeness (QED) is 0.720. The fraction of sp³-hybridized carbons (Fsp3) is 0.650. The molecule has 2 aliphatic heterocycles. The number of nitrogens with zero attached hydrogens (tertiary/aromatic N) is 2. The summed E-state index contributed by atoms with van der Waals surface area (Å²) in [6.07, 6.45) is 7.70. The molecule has 0 N–H and O–H groups in total. The summed E-state index contributed by atoms with van der Waals surface area (Å²) in [5.74, 6) is -0.186. The molecule has 2 heterocycles. The predicted octanol–water partition coefficient (Wildman–Crippen LogP) is 3.61. The van der Waals surface area contributed by atoms with Crippen molar-refractivity contribution in [1.29, 1.82) is 0 Å². The molecule has 0 radical (unpaired) electrons. The zero-order valence-electron chi connectivity index (χ0n) is 15.1. The van der Waals surface area contributed by atoms with E-state index in [1.807, 2.05) is 30.3 Å². The summed E-state index contributed by atoms with van der Waals surface area (Å²) in [5, 5.41) is 0. The molecule has 0 amide bonds. The Hall–Kier alpha value is -1.10. The minimum Gasteiger partial charge on any atom is -0.456 e. The summed E-state index contributed by atoms with van der Waals surface area (Å²) in [4.78, 5) is 17.4. The summed E-state index contributed by atoms with van der Waals surface area (Å²) in [5.41, 5.74) is 0.653. The zero-order valence-corrected chi connectivity index (χ0v) is 15.9. The molecule has 3 rings (SSSR count). The number of likely N-dealkylation sites (tertiary alicyclic amines) is 2. The first-order valence-electron chi connectivity index (χ1n) is 9.52. The maximum atomic E-state index is 12.5. The molecule has 0 atom stereocenters. The lowest BCUT2D eigenvalue weighted by molar-refractivity contribution is 0.00520. The van der Waals surface area contributed by atoms with Crippen molar-refractivity contribution in [3.05, 3.63) is 35.9 Å². The molecular weight excluding hydrogens is 336 g/mol. The Kier molecular flexibility index (Phi) is 8.73. The van der Waals surface area contributed by atoms with E-state index < -0.39 is 0 Å². The van der Waals surface area contributed by atoms with E-state index in [9.17, 15) is 4.79 Å². The Bertz CT molecular complexity index is 480. The second-order valence-electron chi connectivity index (χ2n) is 7.12. The van der Waals surface area contributed by atoms with Crippen LogP contribution in [0.3, 0.4) is 0 Å². The molecular formula is C20H31ClN2O2. The van der Waals surface area contributed by atoms with Gasteiger partial charge < -0.3 is 4.74 Å². The van der Waals surface area contributed by atoms with Crippen LogP contribution < -0.4 is 0 Å². The van der Waals surface area contributed by atoms with Crippen molar-refractivity contribution in [1.82, 2.24) is 9.80 Å². The first kappa shape index (κ1) is 20.2. The van der Waals surface area contributed by atoms with Gasteiger partial charge in [-0.05, 0) is 64.0 Å². The average Bonchev–Trinajstić information content (AvgIpc) is 2.64. The maximum Gasteiger partial charge on any atom is 0.338 e. The van der Waals surface area contributed by atoms with Gasteiger partial charge in [-0.2, -0.15) is 0 Å². The van der Waals surface area contributed by atoms with Crippen LogP contribution in [0, 0.1) is 0 Å². The Balaban J connectivity index is 0.00000225. The van der Waals surface area contributed by atoms with Gasteiger partial charge >= 0.3 is 5.97 Å². The van der Waals surface area contributed by atoms with Gasteiger partial charge in [-0.1, -0.05) is 31.0 Å². The summed E-state index contributed by atoms with van der Waals surface area (Å²) in [6, 6.07) is 9.37. The van der Waals surface area contributed by atoms with E-state index in [4.69, 9.17) is 4.74 Å². The largest absolute Gasteiger partial charge is 0.456 e. The van der Waals surface area contributed by atoms with Crippen molar-refractivity contribution in [2.24, 2.45) is 0 Å². The molecule has 2 saturated heterocycles. The van der Waals surface area contributed by atoms with Gasteiger partial charge in [0, 0.05) is 13.1 Å². The third-order valence-corrected chi connectivity index (χ3v) is 5.10. The van der Waals surface area contributed by atoms with Crippen molar-refractivity contribution >= 4 is 18.4 Å². The number of hydrogen-bond donors (Lipinski definition) is 0. The fourth-order valence-electron chi connectivity index (χ4n) is 3.79. The van der Waals surface area contributed by atoms with Gasteiger partial charge in [-0.15, -0.1) is 12.4 Å². The van der Waals surface area contributed by atoms with Crippen molar-refractivity contribution in [3.63, 3.8) is 0 Å². The standard InChI is InChI=1S/C20H30N2O2.ClH/c23-20(18-10-4-1-5-11-18)24-19(16-21-12-6-2-7-13-21)17-22-14-8-3-9-15-22;/h1,4-5,10-11,19H,2-3,6-9,12-17H2;1H. The van der Waals surface area contributed by atoms with Crippen molar-refractivity contribution in [3.8, 4) is 0 Å². The lowest BCUT2D eigenvalue weighted by Gasteiger charge is -2.34. The van der Waals surface area contributed by atoms with Crippen LogP contribution in [0.15, 0.2) is 30.3 Å². The van der Waals surface area contributed by atoms with Crippen LogP contribution in [0.2, 0.25) is 0 Å². The van der Waals surface area contributed by atoms with E-state index in [-0.39, 0.29) is 24.5 Å². The summed E-state index contributed by atoms with van der Waals surface area (Å²) in [6.45, 7) is 6.29. The number of carbonyl (C=O) groups excluding carboxylic acids is 1. The topological polar surface area (TPSA) is 32.8 Å². The van der Waals surface area contributed by atoms with Crippen LogP contribution >= 0.6 is 12.4 Å². The van der Waals surface area contributed by atoms with E-state index in [0.717, 1.165) is 39.3 Å². The van der Waals surface area contributed by atoms with Crippen molar-refractivity contribution in [2.75, 3.05) is 39.3 Å². The molecule has 5 heteroatoms. The zero-order chi connectivity index (χ0) is 16.6. The Morgan fingerprint density at radius 1 is 0.840 bits per heavy atom. The molecule has 0 saturated carbocycles. The van der Waals surface area contributed by atoms with E-state index in [1.165, 1.54) is 38.5 Å². The highest BCUT2D eigenvalue weighted by Gasteiger charge is 2.24. The minimum atomic E-state index is -0.186. The van der Waals surface area contributed by atoms with Crippen LogP contribution in [-0.2, 0) is 4.74 Å². The minimum absolute atomic E-state index is 0. The number of halogens is 1. The molecule has 1 aromatic rings. The number of hydrogen-bond acceptors (Lipinski definition) is 4. The molecule has 0 aliphatic carbocycles. The molecule has 0 spiro atoms. The second kappa shape index (κ2) is 10.8. The molecule has 1 aromatic carbocycles. The van der Waals surface area contributed by atoms with Gasteiger partial charge in [0.25, 0.3) is 0 Å². The van der Waals surface area contributed by atoms with Gasteiger partial charge in [0.1, 0.15) is 6.10 Å². The van der Waals surface area contributed by atoms with E-state index >= 15 is 0 Å². The Morgan fingerprint density at radius 3 is 1.80 bits per heavy atom. The second-order valence-corrected chi connectivity index (χ2v) is 7.12. The highest BCUT2D eigenvalue weighted by Crippen LogP contribution is 2.15. The number of esters is 1. The monoisotopic (exact) mass is 366 g/mol. The highest BCUT2D eigenvalue weighted by molar-refractivity contribution is 5.89. The molecule has 0 unspecified atom stereocenters. The molecule has 140 valence electrons. The summed E-state index contributed by atoms with van der Waals surface area (Å²) < 4.78 is 5.92. The normalized spacial score (nSPS) is 19.4. The van der Waals surface area contributed by atoms with Gasteiger partial charge in [0.2, 0.25) is 0 Å². The lowest BCUT2D eigenvalue weighted by Crippen LogP contribution is -2.45. The lowest BCUT2D eigenvalue weighted by atomic mass is 10.1. The number of piperidine rings is 2. The molecule has 25 heavy (non-hydrogen) atoms. The highest BCUT2D eigenvalue weighted by atomic mass is 35.5. The van der Waals surface area contributed by atoms with Crippen LogP contribution in [0.1, 0.15) is 48.9 Å². The van der Waals surface area contributed by atoms with Gasteiger partial charge in [0.15, 0.2) is 0 Å². The molecule has 0 aromatic heterocycles. The van der Waals surface area contributed by atoms with Crippen LogP contribution in [-0.4, -0.2) is 61.1 Å². The first-order valence-corrected chi connectivity index (χ1v) is 9.52. The van der Waals surface area contributed by atoms with Crippen LogP contribution in [0.4, 0.5) is 0 Å². The fourth-order valence-corrected chi connectivity index (χ4v) is 3.79. The van der Waals surface area contributed by atoms with Gasteiger partial charge in [-0.25, -0.2) is 4.79 Å². The maximum absolute atomic E-state index is 12.5. The number of ether oxygens (including phenoxy) is 1. The van der Waals surface area contributed by atoms with Gasteiger partial charge in [0.05, 0.1) is 5.56 Å². The summed E-state index contributed by atoms with van der Waals surface area (Å²) in [7, 11) is 0. The Morgan fingerprint density at radius 2 is 1.32 bits per heavy atom. The van der Waals surface area contributed by atoms with E-state index in [2.05, 4.69) is 9.80 Å². The van der Waals surface area contributed by atoms with Crippen LogP contribution in [0.5, 0.6) is 0 Å². The average molecular weight is 367 g/mol. The number of rotatable bonds is 6. The molecule has 2 aliphatic rings. The first-order chi connectivity index (χ1) is 11.8. The SMILES string of the molecule is Cl.O=C(OC(CN1CCCCC1)CN1CCCCC1)c1ccccc1. The number of benzene rings is 1. The van der Waals surface area contributed by atoms with Crippen LogP contribution in [0.25, 0.3) is 0 Å². The Labute approximate surface area is 157 Å². The predicted molar refractivity (Wildman–Crippen MR) is 103 cm³/mol. The van der Waals surface area contributed by atoms with Crippen molar-refractivity contribution in [2.45, 2.75) is 44.6 Å². The van der Waals surface area contributed by atoms with Crippen molar-refractivity contribution < 1.29 is 9.53 Å². The number of carbonyl (C=O) groups is 1. The third kappa shape index (κ3) is 6.61. The molecule has 0 bridgehead atoms. The van der Waals surface area contributed by atoms with E-state index in [1.54, 1.807) is 0 Å².